The Kier molecular flexibility index (Phi) is 9.95. The van der Waals surface area contributed by atoms with Crippen LogP contribution in [0.4, 0.5) is 11.4 Å². The van der Waals surface area contributed by atoms with Crippen LogP contribution in [0.15, 0.2) is 66.7 Å². The molecule has 0 fully saturated rings. The maximum absolute atomic E-state index is 13.2. The number of aliphatic carboxylic acids is 1. The fourth-order valence-corrected chi connectivity index (χ4v) is 3.90. The largest absolute Gasteiger partial charge is 0.491 e. The van der Waals surface area contributed by atoms with Gasteiger partial charge in [0.05, 0.1) is 18.0 Å². The molecule has 0 spiro atoms. The van der Waals surface area contributed by atoms with Crippen molar-refractivity contribution in [3.63, 3.8) is 0 Å². The summed E-state index contributed by atoms with van der Waals surface area (Å²) in [4.78, 5) is 27.4. The van der Waals surface area contributed by atoms with E-state index in [1.54, 1.807) is 11.9 Å². The van der Waals surface area contributed by atoms with Crippen LogP contribution in [0.3, 0.4) is 0 Å². The van der Waals surface area contributed by atoms with Crippen molar-refractivity contribution in [1.29, 1.82) is 0 Å². The molecule has 0 atom stereocenters. The second-order valence-corrected chi connectivity index (χ2v) is 9.24. The van der Waals surface area contributed by atoms with Crippen LogP contribution in [0.1, 0.15) is 47.2 Å². The predicted octanol–water partition coefficient (Wildman–Crippen LogP) is 5.94. The standard InChI is InChI=1S/C30H36N2O5/c1-22-13-18-28(26(20-22)31(2)3)37-21-23-14-16-24(17-15-23)30(35)32(4)25-10-7-8-11-27(25)36-19-9-5-6-12-29(33)34/h7-8,10-11,13-18,20H,5-6,9,12,19,21H2,1-4H3,(H,33,34). The van der Waals surface area contributed by atoms with Crippen molar-refractivity contribution in [3.8, 4) is 11.5 Å². The zero-order chi connectivity index (χ0) is 26.8. The van der Waals surface area contributed by atoms with E-state index >= 15 is 0 Å². The van der Waals surface area contributed by atoms with Crippen molar-refractivity contribution in [2.24, 2.45) is 0 Å². The van der Waals surface area contributed by atoms with Gasteiger partial charge in [-0.3, -0.25) is 9.59 Å². The summed E-state index contributed by atoms with van der Waals surface area (Å²) < 4.78 is 12.0. The highest BCUT2D eigenvalue weighted by Crippen LogP contribution is 2.30. The number of hydrogen-bond acceptors (Lipinski definition) is 5. The number of carboxylic acids is 1. The molecule has 0 aliphatic heterocycles. The zero-order valence-electron chi connectivity index (χ0n) is 22.1. The minimum atomic E-state index is -0.781. The quantitative estimate of drug-likeness (QED) is 0.290. The van der Waals surface area contributed by atoms with Crippen molar-refractivity contribution in [2.45, 2.75) is 39.2 Å². The van der Waals surface area contributed by atoms with Crippen LogP contribution in [-0.2, 0) is 11.4 Å². The number of rotatable bonds is 13. The number of hydrogen-bond donors (Lipinski definition) is 1. The van der Waals surface area contributed by atoms with E-state index in [-0.39, 0.29) is 12.3 Å². The molecule has 1 amide bonds. The summed E-state index contributed by atoms with van der Waals surface area (Å²) in [6, 6.07) is 21.0. The lowest BCUT2D eigenvalue weighted by atomic mass is 10.1. The van der Waals surface area contributed by atoms with Gasteiger partial charge in [0, 0.05) is 33.1 Å². The Morgan fingerprint density at radius 2 is 1.51 bits per heavy atom. The number of anilines is 2. The average molecular weight is 505 g/mol. The number of amides is 1. The van der Waals surface area contributed by atoms with Gasteiger partial charge in [0.25, 0.3) is 5.91 Å². The molecule has 0 heterocycles. The van der Waals surface area contributed by atoms with Crippen LogP contribution >= 0.6 is 0 Å². The summed E-state index contributed by atoms with van der Waals surface area (Å²) in [5.74, 6) is 0.514. The average Bonchev–Trinajstić information content (AvgIpc) is 2.89. The summed E-state index contributed by atoms with van der Waals surface area (Å²) in [5, 5.41) is 8.74. The second-order valence-electron chi connectivity index (χ2n) is 9.24. The van der Waals surface area contributed by atoms with Crippen molar-refractivity contribution in [1.82, 2.24) is 0 Å². The number of carbonyl (C=O) groups excluding carboxylic acids is 1. The van der Waals surface area contributed by atoms with E-state index in [9.17, 15) is 9.59 Å². The number of carboxylic acid groups (broad SMARTS) is 1. The van der Waals surface area contributed by atoms with Gasteiger partial charge in [-0.15, -0.1) is 0 Å². The Hall–Kier alpha value is -4.00. The highest BCUT2D eigenvalue weighted by molar-refractivity contribution is 6.06. The molecule has 1 N–H and O–H groups in total. The monoisotopic (exact) mass is 504 g/mol. The molecule has 0 saturated carbocycles. The molecule has 3 aromatic carbocycles. The van der Waals surface area contributed by atoms with E-state index in [1.807, 2.05) is 79.7 Å². The minimum absolute atomic E-state index is 0.140. The van der Waals surface area contributed by atoms with Gasteiger partial charge >= 0.3 is 5.97 Å². The first kappa shape index (κ1) is 27.6. The van der Waals surface area contributed by atoms with E-state index in [4.69, 9.17) is 14.6 Å². The number of nitrogens with zero attached hydrogens (tertiary/aromatic N) is 2. The van der Waals surface area contributed by atoms with Gasteiger partial charge in [-0.05, 0) is 73.7 Å². The minimum Gasteiger partial charge on any atom is -0.491 e. The van der Waals surface area contributed by atoms with Gasteiger partial charge < -0.3 is 24.4 Å². The number of carbonyl (C=O) groups is 2. The van der Waals surface area contributed by atoms with E-state index < -0.39 is 5.97 Å². The molecule has 0 aromatic heterocycles. The van der Waals surface area contributed by atoms with Gasteiger partial charge in [-0.1, -0.05) is 30.3 Å². The lowest BCUT2D eigenvalue weighted by Crippen LogP contribution is -2.26. The number of aryl methyl sites for hydroxylation is 1. The molecular formula is C30H36N2O5. The molecule has 0 unspecified atom stereocenters. The Labute approximate surface area is 219 Å². The topological polar surface area (TPSA) is 79.3 Å². The zero-order valence-corrected chi connectivity index (χ0v) is 22.1. The van der Waals surface area contributed by atoms with E-state index in [2.05, 4.69) is 13.0 Å². The Bertz CT molecular complexity index is 1190. The maximum Gasteiger partial charge on any atom is 0.303 e. The van der Waals surface area contributed by atoms with Crippen LogP contribution in [0.25, 0.3) is 0 Å². The normalized spacial score (nSPS) is 10.6. The van der Waals surface area contributed by atoms with E-state index in [0.29, 0.717) is 36.6 Å². The third-order valence-corrected chi connectivity index (χ3v) is 6.02. The van der Waals surface area contributed by atoms with Crippen LogP contribution in [0, 0.1) is 6.92 Å². The van der Waals surface area contributed by atoms with Gasteiger partial charge in [-0.25, -0.2) is 0 Å². The fraction of sp³-hybridized carbons (Fsp3) is 0.333. The lowest BCUT2D eigenvalue weighted by molar-refractivity contribution is -0.137. The third kappa shape index (κ3) is 8.00. The third-order valence-electron chi connectivity index (χ3n) is 6.02. The first-order valence-corrected chi connectivity index (χ1v) is 12.5. The second kappa shape index (κ2) is 13.3. The summed E-state index contributed by atoms with van der Waals surface area (Å²) in [7, 11) is 5.71. The summed E-state index contributed by atoms with van der Waals surface area (Å²) in [6.45, 7) is 2.92. The van der Waals surface area contributed by atoms with Gasteiger partial charge in [-0.2, -0.15) is 0 Å². The molecule has 0 aliphatic carbocycles. The van der Waals surface area contributed by atoms with Crippen molar-refractivity contribution in [2.75, 3.05) is 37.5 Å². The molecule has 0 bridgehead atoms. The Morgan fingerprint density at radius 3 is 2.22 bits per heavy atom. The fourth-order valence-electron chi connectivity index (χ4n) is 3.90. The van der Waals surface area contributed by atoms with Crippen molar-refractivity contribution < 1.29 is 24.2 Å². The number of para-hydroxylation sites is 2. The molecule has 0 radical (unpaired) electrons. The van der Waals surface area contributed by atoms with Crippen molar-refractivity contribution >= 4 is 23.3 Å². The lowest BCUT2D eigenvalue weighted by Gasteiger charge is -2.21. The summed E-state index contributed by atoms with van der Waals surface area (Å²) >= 11 is 0. The summed E-state index contributed by atoms with van der Waals surface area (Å²) in [5.41, 5.74) is 4.41. The van der Waals surface area contributed by atoms with Crippen LogP contribution in [0.2, 0.25) is 0 Å². The van der Waals surface area contributed by atoms with Gasteiger partial charge in [0.2, 0.25) is 0 Å². The van der Waals surface area contributed by atoms with Gasteiger partial charge in [0.1, 0.15) is 18.1 Å². The molecule has 0 saturated heterocycles. The highest BCUT2D eigenvalue weighted by Gasteiger charge is 2.17. The molecule has 7 heteroatoms. The molecule has 3 aromatic rings. The molecule has 7 nitrogen and oxygen atoms in total. The smallest absolute Gasteiger partial charge is 0.303 e. The van der Waals surface area contributed by atoms with E-state index in [1.165, 1.54) is 5.56 Å². The molecule has 196 valence electrons. The molecule has 37 heavy (non-hydrogen) atoms. The molecule has 3 rings (SSSR count). The van der Waals surface area contributed by atoms with Crippen LogP contribution < -0.4 is 19.3 Å². The highest BCUT2D eigenvalue weighted by atomic mass is 16.5. The van der Waals surface area contributed by atoms with Crippen LogP contribution in [0.5, 0.6) is 11.5 Å². The molecule has 0 aliphatic rings. The first-order chi connectivity index (χ1) is 17.8. The Morgan fingerprint density at radius 1 is 0.811 bits per heavy atom. The Balaban J connectivity index is 1.59. The van der Waals surface area contributed by atoms with Crippen molar-refractivity contribution in [3.05, 3.63) is 83.4 Å². The van der Waals surface area contributed by atoms with Crippen LogP contribution in [-0.4, -0.2) is 44.7 Å². The molecular weight excluding hydrogens is 468 g/mol. The van der Waals surface area contributed by atoms with Gasteiger partial charge in [0.15, 0.2) is 0 Å². The number of benzene rings is 3. The first-order valence-electron chi connectivity index (χ1n) is 12.5. The predicted molar refractivity (Wildman–Crippen MR) is 147 cm³/mol. The van der Waals surface area contributed by atoms with E-state index in [0.717, 1.165) is 29.8 Å². The number of ether oxygens (including phenoxy) is 2. The maximum atomic E-state index is 13.2. The number of unbranched alkanes of at least 4 members (excludes halogenated alkanes) is 2. The summed E-state index contributed by atoms with van der Waals surface area (Å²) in [6.07, 6.45) is 2.32. The SMILES string of the molecule is Cc1ccc(OCc2ccc(C(=O)N(C)c3ccccc3OCCCCCC(=O)O)cc2)c(N(C)C)c1.